The van der Waals surface area contributed by atoms with E-state index < -0.39 is 47.4 Å². The number of fused-ring (bicyclic) bond motifs is 1. The van der Waals surface area contributed by atoms with E-state index in [9.17, 15) is 24.0 Å². The summed E-state index contributed by atoms with van der Waals surface area (Å²) in [4.78, 5) is 67.9. The molecule has 1 aliphatic heterocycles. The Balaban J connectivity index is 1.81. The highest BCUT2D eigenvalue weighted by atomic mass is 16.6. The van der Waals surface area contributed by atoms with E-state index in [1.54, 1.807) is 26.8 Å². The second-order valence-corrected chi connectivity index (χ2v) is 11.8. The quantitative estimate of drug-likeness (QED) is 0.208. The maximum absolute atomic E-state index is 13.6. The topological polar surface area (TPSA) is 156 Å². The standard InChI is InChI=1S/C31H41N5O6/c1-18(2)16-23(28(39)35-24(27(38)32-6)17-19-10-8-7-9-11-19)34-22(30(41)42-31(3,4)5)15-13-20-12-14-21-25(33-20)29(40)36-26(21)37/h7-12,14,18,22-24,34H,13,15-17H2,1-6H3,(H,32,38)(H,35,39)(H,36,37,40)/t22-,23+,24+/m1/s1. The molecule has 42 heavy (non-hydrogen) atoms. The van der Waals surface area contributed by atoms with Crippen LogP contribution in [0, 0.1) is 5.92 Å². The molecule has 11 nitrogen and oxygen atoms in total. The van der Waals surface area contributed by atoms with Crippen molar-refractivity contribution in [3.63, 3.8) is 0 Å². The molecule has 0 aliphatic carbocycles. The van der Waals surface area contributed by atoms with Gasteiger partial charge in [-0.25, -0.2) is 4.98 Å². The molecular formula is C31H41N5O6. The van der Waals surface area contributed by atoms with E-state index in [1.807, 2.05) is 44.2 Å². The number of aromatic nitrogens is 1. The minimum absolute atomic E-state index is 0.0509. The predicted octanol–water partition coefficient (Wildman–Crippen LogP) is 2.09. The van der Waals surface area contributed by atoms with E-state index in [2.05, 4.69) is 26.3 Å². The van der Waals surface area contributed by atoms with E-state index >= 15 is 0 Å². The molecule has 2 aromatic rings. The molecule has 0 radical (unpaired) electrons. The zero-order chi connectivity index (χ0) is 31.0. The Hall–Kier alpha value is -4.12. The van der Waals surface area contributed by atoms with Crippen LogP contribution in [-0.4, -0.2) is 65.4 Å². The first-order chi connectivity index (χ1) is 19.8. The first-order valence-electron chi connectivity index (χ1n) is 14.2. The molecule has 4 amide bonds. The molecule has 3 atom stereocenters. The fourth-order valence-electron chi connectivity index (χ4n) is 4.63. The number of rotatable bonds is 13. The lowest BCUT2D eigenvalue weighted by Gasteiger charge is -2.29. The maximum Gasteiger partial charge on any atom is 0.323 e. The zero-order valence-electron chi connectivity index (χ0n) is 25.1. The van der Waals surface area contributed by atoms with Crippen LogP contribution < -0.4 is 21.3 Å². The van der Waals surface area contributed by atoms with Crippen molar-refractivity contribution < 1.29 is 28.7 Å². The molecule has 3 rings (SSSR count). The van der Waals surface area contributed by atoms with Crippen LogP contribution in [0.5, 0.6) is 0 Å². The molecule has 11 heteroatoms. The summed E-state index contributed by atoms with van der Waals surface area (Å²) in [6.45, 7) is 9.21. The Labute approximate surface area is 246 Å². The minimum Gasteiger partial charge on any atom is -0.459 e. The van der Waals surface area contributed by atoms with Crippen LogP contribution in [0.25, 0.3) is 0 Å². The predicted molar refractivity (Wildman–Crippen MR) is 157 cm³/mol. The van der Waals surface area contributed by atoms with Gasteiger partial charge >= 0.3 is 5.97 Å². The Kier molecular flexibility index (Phi) is 10.9. The van der Waals surface area contributed by atoms with Gasteiger partial charge in [0.15, 0.2) is 0 Å². The lowest BCUT2D eigenvalue weighted by atomic mass is 9.99. The van der Waals surface area contributed by atoms with Crippen LogP contribution in [0.2, 0.25) is 0 Å². The number of carbonyl (C=O) groups is 5. The number of nitrogens with zero attached hydrogens (tertiary/aromatic N) is 1. The first-order valence-corrected chi connectivity index (χ1v) is 14.2. The van der Waals surface area contributed by atoms with Gasteiger partial charge in [-0.2, -0.15) is 0 Å². The van der Waals surface area contributed by atoms with Gasteiger partial charge in [0.05, 0.1) is 11.6 Å². The molecule has 0 spiro atoms. The molecule has 226 valence electrons. The van der Waals surface area contributed by atoms with Crippen molar-refractivity contribution in [3.8, 4) is 0 Å². The van der Waals surface area contributed by atoms with Gasteiger partial charge in [-0.05, 0) is 63.6 Å². The summed E-state index contributed by atoms with van der Waals surface area (Å²) in [5, 5.41) is 10.9. The summed E-state index contributed by atoms with van der Waals surface area (Å²) in [5.41, 5.74) is 0.900. The van der Waals surface area contributed by atoms with Crippen molar-refractivity contribution in [2.75, 3.05) is 7.05 Å². The minimum atomic E-state index is -0.892. The zero-order valence-corrected chi connectivity index (χ0v) is 25.1. The van der Waals surface area contributed by atoms with Crippen LogP contribution in [-0.2, 0) is 32.0 Å². The van der Waals surface area contributed by atoms with Crippen molar-refractivity contribution >= 4 is 29.6 Å². The highest BCUT2D eigenvalue weighted by molar-refractivity contribution is 6.20. The van der Waals surface area contributed by atoms with Gasteiger partial charge in [-0.15, -0.1) is 0 Å². The molecule has 0 saturated carbocycles. The van der Waals surface area contributed by atoms with Gasteiger partial charge in [0.2, 0.25) is 11.8 Å². The van der Waals surface area contributed by atoms with E-state index in [-0.39, 0.29) is 35.9 Å². The van der Waals surface area contributed by atoms with Crippen molar-refractivity contribution in [2.45, 2.75) is 84.0 Å². The van der Waals surface area contributed by atoms with Gasteiger partial charge in [0.1, 0.15) is 23.4 Å². The number of ether oxygens (including phenoxy) is 1. The SMILES string of the molecule is CNC(=O)[C@H](Cc1ccccc1)NC(=O)[C@H](CC(C)C)N[C@H](CCc1ccc2c(n1)C(=O)NC2=O)C(=O)OC(C)(C)C. The average Bonchev–Trinajstić information content (AvgIpc) is 3.21. The van der Waals surface area contributed by atoms with Gasteiger partial charge in [-0.3, -0.25) is 34.6 Å². The average molecular weight is 580 g/mol. The highest BCUT2D eigenvalue weighted by Crippen LogP contribution is 2.18. The number of hydrogen-bond donors (Lipinski definition) is 4. The summed E-state index contributed by atoms with van der Waals surface area (Å²) < 4.78 is 5.67. The molecular weight excluding hydrogens is 538 g/mol. The number of nitrogens with one attached hydrogen (secondary N) is 4. The fraction of sp³-hybridized carbons (Fsp3) is 0.484. The molecule has 2 heterocycles. The largest absolute Gasteiger partial charge is 0.459 e. The molecule has 0 bridgehead atoms. The third-order valence-corrected chi connectivity index (χ3v) is 6.61. The third kappa shape index (κ3) is 9.20. The Morgan fingerprint density at radius 3 is 2.24 bits per heavy atom. The van der Waals surface area contributed by atoms with Gasteiger partial charge in [0, 0.05) is 19.2 Å². The number of hydrogen-bond acceptors (Lipinski definition) is 8. The normalized spacial score (nSPS) is 14.9. The van der Waals surface area contributed by atoms with Gasteiger partial charge in [-0.1, -0.05) is 44.2 Å². The van der Waals surface area contributed by atoms with Crippen molar-refractivity contribution in [1.29, 1.82) is 0 Å². The molecule has 1 aromatic heterocycles. The van der Waals surface area contributed by atoms with Crippen LogP contribution in [0.4, 0.5) is 0 Å². The summed E-state index contributed by atoms with van der Waals surface area (Å²) in [6.07, 6.45) is 1.18. The van der Waals surface area contributed by atoms with Crippen LogP contribution in [0.15, 0.2) is 42.5 Å². The Morgan fingerprint density at radius 1 is 0.929 bits per heavy atom. The van der Waals surface area contributed by atoms with Gasteiger partial charge < -0.3 is 15.4 Å². The molecule has 0 saturated heterocycles. The molecule has 0 fully saturated rings. The fourth-order valence-corrected chi connectivity index (χ4v) is 4.63. The van der Waals surface area contributed by atoms with E-state index in [0.29, 0.717) is 18.5 Å². The number of likely N-dealkylation sites (N-methyl/N-ethyl adjacent to an activating group) is 1. The maximum atomic E-state index is 13.6. The summed E-state index contributed by atoms with van der Waals surface area (Å²) in [7, 11) is 1.52. The smallest absolute Gasteiger partial charge is 0.323 e. The van der Waals surface area contributed by atoms with Crippen LogP contribution >= 0.6 is 0 Å². The van der Waals surface area contributed by atoms with Crippen LogP contribution in [0.1, 0.15) is 79.6 Å². The number of pyridine rings is 1. The van der Waals surface area contributed by atoms with E-state index in [1.165, 1.54) is 13.1 Å². The number of carbonyl (C=O) groups excluding carboxylic acids is 5. The number of imide groups is 1. The number of aryl methyl sites for hydroxylation is 1. The molecule has 1 aliphatic rings. The van der Waals surface area contributed by atoms with Crippen molar-refractivity contribution in [3.05, 3.63) is 65.0 Å². The van der Waals surface area contributed by atoms with Gasteiger partial charge in [0.25, 0.3) is 11.8 Å². The second-order valence-electron chi connectivity index (χ2n) is 11.8. The summed E-state index contributed by atoms with van der Waals surface area (Å²) >= 11 is 0. The molecule has 0 unspecified atom stereocenters. The number of esters is 1. The summed E-state index contributed by atoms with van der Waals surface area (Å²) in [5.74, 6) is -2.24. The Morgan fingerprint density at radius 2 is 1.62 bits per heavy atom. The van der Waals surface area contributed by atoms with Crippen molar-refractivity contribution in [2.24, 2.45) is 5.92 Å². The molecule has 1 aromatic carbocycles. The lowest BCUT2D eigenvalue weighted by Crippen LogP contribution is -2.56. The lowest BCUT2D eigenvalue weighted by molar-refractivity contribution is -0.158. The van der Waals surface area contributed by atoms with Crippen molar-refractivity contribution in [1.82, 2.24) is 26.3 Å². The second kappa shape index (κ2) is 14.2. The van der Waals surface area contributed by atoms with E-state index in [4.69, 9.17) is 4.74 Å². The highest BCUT2D eigenvalue weighted by Gasteiger charge is 2.33. The van der Waals surface area contributed by atoms with E-state index in [0.717, 1.165) is 5.56 Å². The monoisotopic (exact) mass is 579 g/mol. The number of amides is 4. The number of benzene rings is 1. The Bertz CT molecular complexity index is 1300. The van der Waals surface area contributed by atoms with Crippen LogP contribution in [0.3, 0.4) is 0 Å². The first kappa shape index (κ1) is 32.4. The third-order valence-electron chi connectivity index (χ3n) is 6.61. The molecule has 4 N–H and O–H groups in total. The summed E-state index contributed by atoms with van der Waals surface area (Å²) in [6, 6.07) is 10.0.